The molecular formula is C38H48O15PdS2. The van der Waals surface area contributed by atoms with Gasteiger partial charge in [0.15, 0.2) is 0 Å². The fourth-order valence-corrected chi connectivity index (χ4v) is 7.12. The fourth-order valence-electron chi connectivity index (χ4n) is 5.50. The molecule has 0 aliphatic carbocycles. The molecule has 10 atom stereocenters. The second-order valence-electron chi connectivity index (χ2n) is 12.0. The number of ether oxygens (including phenoxy) is 6. The van der Waals surface area contributed by atoms with E-state index in [9.17, 15) is 45.6 Å². The summed E-state index contributed by atoms with van der Waals surface area (Å²) >= 11 is 2.65. The zero-order chi connectivity index (χ0) is 38.2. The van der Waals surface area contributed by atoms with Crippen LogP contribution in [0.25, 0.3) is 0 Å². The third-order valence-electron chi connectivity index (χ3n) is 8.60. The molecule has 2 saturated heterocycles. The minimum atomic E-state index is -1.56. The van der Waals surface area contributed by atoms with Crippen LogP contribution in [0.2, 0.25) is 0 Å². The number of carbonyl (C=O) groups excluding carboxylic acids is 1. The second kappa shape index (κ2) is 22.8. The number of benzene rings is 2. The largest absolute Gasteiger partial charge is 2.00 e. The van der Waals surface area contributed by atoms with Crippen molar-refractivity contribution in [3.63, 3.8) is 0 Å². The molecule has 2 aliphatic heterocycles. The molecular weight excluding hydrogens is 867 g/mol. The summed E-state index contributed by atoms with van der Waals surface area (Å²) in [5.74, 6) is 1.81. The van der Waals surface area contributed by atoms with E-state index in [1.807, 2.05) is 29.6 Å². The Balaban J connectivity index is 0.000000367. The molecule has 2 aromatic heterocycles. The van der Waals surface area contributed by atoms with Crippen LogP contribution in [0.5, 0.6) is 23.0 Å². The third-order valence-corrected chi connectivity index (χ3v) is 10.4. The minimum absolute atomic E-state index is 0. The average molecular weight is 915 g/mol. The number of thiophene rings is 2. The van der Waals surface area contributed by atoms with E-state index < -0.39 is 74.6 Å². The van der Waals surface area contributed by atoms with Crippen LogP contribution in [0.15, 0.2) is 71.4 Å². The van der Waals surface area contributed by atoms with Crippen LogP contribution >= 0.6 is 22.7 Å². The average Bonchev–Trinajstić information content (AvgIpc) is 3.84. The molecule has 4 aromatic rings. The van der Waals surface area contributed by atoms with Gasteiger partial charge in [-0.3, -0.25) is 4.79 Å². The summed E-state index contributed by atoms with van der Waals surface area (Å²) < 4.78 is 32.3. The van der Waals surface area contributed by atoms with Crippen molar-refractivity contribution in [2.75, 3.05) is 27.4 Å². The maximum Gasteiger partial charge on any atom is 2.00 e. The summed E-state index contributed by atoms with van der Waals surface area (Å²) in [6.07, 6.45) is -12.9. The smallest absolute Gasteiger partial charge is 0.497 e. The predicted octanol–water partition coefficient (Wildman–Crippen LogP) is 1.59. The summed E-state index contributed by atoms with van der Waals surface area (Å²) in [4.78, 5) is 14.0. The van der Waals surface area contributed by atoms with Gasteiger partial charge in [-0.2, -0.15) is 0 Å². The molecule has 2 fully saturated rings. The normalized spacial score (nSPS) is 26.8. The fraction of sp³-hybridized carbons (Fsp3) is 0.395. The Hall–Kier alpha value is -3.03. The molecule has 2 aliphatic rings. The molecule has 18 heteroatoms. The summed E-state index contributed by atoms with van der Waals surface area (Å²) in [5, 5.41) is 81.6. The molecule has 0 amide bonds. The quantitative estimate of drug-likeness (QED) is 0.0573. The molecule has 8 N–H and O–H groups in total. The minimum Gasteiger partial charge on any atom is -0.497 e. The molecule has 4 heterocycles. The van der Waals surface area contributed by atoms with E-state index in [0.29, 0.717) is 23.5 Å². The van der Waals surface area contributed by atoms with E-state index >= 15 is 0 Å². The molecule has 312 valence electrons. The van der Waals surface area contributed by atoms with E-state index in [1.54, 1.807) is 48.9 Å². The standard InChI is InChI=1S/C18H20O8S.C18H22O7S.2CH3.Pd/c1-24-10-4-2-9(3-5-10)13(20)17-11(6-7-27-17)25-18-16(23)15(22)14(21)12(8-19)26-18;1-23-11-4-2-10(3-5-11)8-14-12(6-7-26-14)24-18-17(22)16(21)15(20)13(9-19)25-18;;;/h2-7,12,14-16,18-19,21-23H,8H2,1H3;2-7,13,15-22H,8-9H2,1H3;2*1H3;/q;;2*-1;+2. The summed E-state index contributed by atoms with van der Waals surface area (Å²) in [5.41, 5.74) is 1.49. The SMILES string of the molecule is COc1ccc(C(=O)c2sccc2OC2OC(CO)C(O)C(O)C2O)cc1.COc1ccc(Cc2sccc2OC2OC(CO)C(O)C(O)C2O)cc1.[CH3-].[CH3-].[Pd+2]. The number of hydrogen-bond donors (Lipinski definition) is 8. The maximum atomic E-state index is 12.7. The van der Waals surface area contributed by atoms with Crippen molar-refractivity contribution in [3.8, 4) is 23.0 Å². The number of rotatable bonds is 12. The first kappa shape index (κ1) is 49.1. The van der Waals surface area contributed by atoms with E-state index in [2.05, 4.69) is 0 Å². The van der Waals surface area contributed by atoms with Crippen LogP contribution in [-0.4, -0.2) is 135 Å². The van der Waals surface area contributed by atoms with Crippen molar-refractivity contribution in [1.29, 1.82) is 0 Å². The van der Waals surface area contributed by atoms with Gasteiger partial charge in [-0.15, -0.1) is 22.7 Å². The van der Waals surface area contributed by atoms with Crippen LogP contribution in [0, 0.1) is 14.9 Å². The molecule has 2 aromatic carbocycles. The Bertz CT molecular complexity index is 1730. The van der Waals surface area contributed by atoms with Gasteiger partial charge in [0.2, 0.25) is 18.4 Å². The third kappa shape index (κ3) is 11.6. The predicted molar refractivity (Wildman–Crippen MR) is 202 cm³/mol. The van der Waals surface area contributed by atoms with Gasteiger partial charge in [-0.25, -0.2) is 0 Å². The number of ketones is 1. The molecule has 0 saturated carbocycles. The zero-order valence-corrected chi connectivity index (χ0v) is 34.1. The monoisotopic (exact) mass is 914 g/mol. The van der Waals surface area contributed by atoms with Gasteiger partial charge in [0, 0.05) is 12.0 Å². The molecule has 6 rings (SSSR count). The van der Waals surface area contributed by atoms with Gasteiger partial charge in [0.25, 0.3) is 0 Å². The Morgan fingerprint density at radius 3 is 1.55 bits per heavy atom. The Morgan fingerprint density at radius 1 is 0.625 bits per heavy atom. The number of aliphatic hydroxyl groups excluding tert-OH is 8. The van der Waals surface area contributed by atoms with Crippen LogP contribution in [0.3, 0.4) is 0 Å². The number of hydrogen-bond acceptors (Lipinski definition) is 17. The van der Waals surface area contributed by atoms with Gasteiger partial charge < -0.3 is 84.1 Å². The summed E-state index contributed by atoms with van der Waals surface area (Å²) in [6.45, 7) is -1.06. The van der Waals surface area contributed by atoms with E-state index in [4.69, 9.17) is 28.4 Å². The maximum absolute atomic E-state index is 12.7. The van der Waals surface area contributed by atoms with Crippen LogP contribution in [-0.2, 0) is 36.3 Å². The molecule has 0 radical (unpaired) electrons. The van der Waals surface area contributed by atoms with E-state index in [1.165, 1.54) is 18.4 Å². The molecule has 15 nitrogen and oxygen atoms in total. The van der Waals surface area contributed by atoms with Gasteiger partial charge in [0.1, 0.15) is 76.7 Å². The van der Waals surface area contributed by atoms with Crippen molar-refractivity contribution in [3.05, 3.63) is 107 Å². The van der Waals surface area contributed by atoms with E-state index in [0.717, 1.165) is 27.5 Å². The number of aliphatic hydroxyl groups is 8. The zero-order valence-electron chi connectivity index (χ0n) is 30.9. The van der Waals surface area contributed by atoms with Crippen molar-refractivity contribution in [2.45, 2.75) is 67.8 Å². The van der Waals surface area contributed by atoms with Gasteiger partial charge >= 0.3 is 20.4 Å². The second-order valence-corrected chi connectivity index (χ2v) is 14.0. The Labute approximate surface area is 346 Å². The van der Waals surface area contributed by atoms with Crippen molar-refractivity contribution >= 4 is 28.5 Å². The van der Waals surface area contributed by atoms with Crippen molar-refractivity contribution < 1.29 is 94.5 Å². The summed E-state index contributed by atoms with van der Waals surface area (Å²) in [7, 11) is 3.14. The summed E-state index contributed by atoms with van der Waals surface area (Å²) in [6, 6.07) is 17.5. The number of methoxy groups -OCH3 is 2. The molecule has 0 bridgehead atoms. The van der Waals surface area contributed by atoms with E-state index in [-0.39, 0.29) is 51.7 Å². The van der Waals surface area contributed by atoms with Gasteiger partial charge in [0.05, 0.1) is 32.3 Å². The van der Waals surface area contributed by atoms with Gasteiger partial charge in [-0.1, -0.05) is 12.1 Å². The van der Waals surface area contributed by atoms with Crippen molar-refractivity contribution in [2.24, 2.45) is 0 Å². The van der Waals surface area contributed by atoms with Crippen LogP contribution in [0.1, 0.15) is 25.7 Å². The Morgan fingerprint density at radius 2 is 1.07 bits per heavy atom. The first-order valence-electron chi connectivity index (χ1n) is 16.4. The molecule has 56 heavy (non-hydrogen) atoms. The topological polar surface area (TPSA) is 234 Å². The first-order valence-corrected chi connectivity index (χ1v) is 18.1. The first-order chi connectivity index (χ1) is 25.5. The van der Waals surface area contributed by atoms with Gasteiger partial charge in [-0.05, 0) is 64.9 Å². The Kier molecular flexibility index (Phi) is 20.0. The number of carbonyl (C=O) groups is 1. The molecule has 10 unspecified atom stereocenters. The van der Waals surface area contributed by atoms with Crippen molar-refractivity contribution in [1.82, 2.24) is 0 Å². The van der Waals surface area contributed by atoms with Crippen LogP contribution in [0.4, 0.5) is 0 Å². The molecule has 0 spiro atoms. The van der Waals surface area contributed by atoms with Crippen LogP contribution < -0.4 is 18.9 Å².